The van der Waals surface area contributed by atoms with Gasteiger partial charge in [0.05, 0.1) is 6.61 Å². The molecular weight excluding hydrogens is 302 g/mol. The number of fused-ring (bicyclic) bond motifs is 1. The molecule has 0 bridgehead atoms. The van der Waals surface area contributed by atoms with Crippen molar-refractivity contribution in [3.63, 3.8) is 0 Å². The molecule has 128 valence electrons. The van der Waals surface area contributed by atoms with E-state index < -0.39 is 30.1 Å². The second-order valence-corrected chi connectivity index (χ2v) is 7.31. The molecule has 7 nitrogen and oxygen atoms in total. The summed E-state index contributed by atoms with van der Waals surface area (Å²) in [5, 5.41) is 13.0. The average Bonchev–Trinajstić information content (AvgIpc) is 3.33. The Hall–Kier alpha value is -0.730. The van der Waals surface area contributed by atoms with Crippen molar-refractivity contribution in [1.82, 2.24) is 0 Å². The largest absolute Gasteiger partial charge is 0.411 e. The van der Waals surface area contributed by atoms with Gasteiger partial charge in [-0.05, 0) is 25.7 Å². The van der Waals surface area contributed by atoms with Gasteiger partial charge in [0, 0.05) is 25.7 Å². The zero-order valence-corrected chi connectivity index (χ0v) is 13.1. The van der Waals surface area contributed by atoms with E-state index in [1.54, 1.807) is 0 Å². The van der Waals surface area contributed by atoms with Crippen molar-refractivity contribution < 1.29 is 28.9 Å². The van der Waals surface area contributed by atoms with E-state index in [1.807, 2.05) is 0 Å². The lowest BCUT2D eigenvalue weighted by atomic mass is 10.1. The molecule has 3 aliphatic heterocycles. The summed E-state index contributed by atoms with van der Waals surface area (Å²) in [6, 6.07) is 0. The zero-order chi connectivity index (χ0) is 15.5. The monoisotopic (exact) mass is 325 g/mol. The van der Waals surface area contributed by atoms with Gasteiger partial charge in [0.15, 0.2) is 24.0 Å². The summed E-state index contributed by atoms with van der Waals surface area (Å²) in [6.45, 7) is 0.453. The minimum Gasteiger partial charge on any atom is -0.411 e. The molecule has 5 rings (SSSR count). The van der Waals surface area contributed by atoms with Crippen molar-refractivity contribution in [2.45, 2.75) is 87.5 Å². The molecule has 1 N–H and O–H groups in total. The molecule has 3 saturated heterocycles. The van der Waals surface area contributed by atoms with Gasteiger partial charge in [-0.25, -0.2) is 0 Å². The topological polar surface area (TPSA) is 78.7 Å². The summed E-state index contributed by atoms with van der Waals surface area (Å²) in [6.07, 6.45) is 6.35. The lowest BCUT2D eigenvalue weighted by Crippen LogP contribution is -2.40. The molecule has 4 atom stereocenters. The quantitative estimate of drug-likeness (QED) is 0.586. The van der Waals surface area contributed by atoms with E-state index in [2.05, 4.69) is 5.16 Å². The number of hydrogen-bond acceptors (Lipinski definition) is 7. The molecular formula is C16H23NO6. The van der Waals surface area contributed by atoms with E-state index in [0.29, 0.717) is 12.3 Å². The zero-order valence-electron chi connectivity index (χ0n) is 13.1. The van der Waals surface area contributed by atoms with Gasteiger partial charge < -0.3 is 28.9 Å². The lowest BCUT2D eigenvalue weighted by molar-refractivity contribution is -0.225. The summed E-state index contributed by atoms with van der Waals surface area (Å²) >= 11 is 0. The second-order valence-electron chi connectivity index (χ2n) is 7.31. The van der Waals surface area contributed by atoms with Gasteiger partial charge in [0.2, 0.25) is 0 Å². The number of nitrogens with zero attached hydrogens (tertiary/aromatic N) is 1. The van der Waals surface area contributed by atoms with Crippen LogP contribution in [-0.4, -0.2) is 53.7 Å². The Morgan fingerprint density at radius 2 is 1.57 bits per heavy atom. The van der Waals surface area contributed by atoms with Crippen LogP contribution in [0, 0.1) is 0 Å². The fraction of sp³-hybridized carbons (Fsp3) is 0.938. The molecule has 5 fully saturated rings. The normalized spacial score (nSPS) is 45.7. The first-order chi connectivity index (χ1) is 11.2. The van der Waals surface area contributed by atoms with E-state index in [1.165, 1.54) is 0 Å². The van der Waals surface area contributed by atoms with Crippen molar-refractivity contribution in [3.8, 4) is 0 Å². The molecule has 0 radical (unpaired) electrons. The van der Waals surface area contributed by atoms with Crippen LogP contribution in [0.5, 0.6) is 0 Å². The predicted octanol–water partition coefficient (Wildman–Crippen LogP) is 1.91. The summed E-state index contributed by atoms with van der Waals surface area (Å²) in [5.74, 6) is -1.00. The van der Waals surface area contributed by atoms with Crippen LogP contribution in [0.4, 0.5) is 0 Å². The van der Waals surface area contributed by atoms with Crippen LogP contribution in [0.2, 0.25) is 0 Å². The Labute approximate surface area is 134 Å². The third kappa shape index (κ3) is 2.17. The third-order valence-corrected chi connectivity index (χ3v) is 5.84. The van der Waals surface area contributed by atoms with Crippen molar-refractivity contribution in [2.75, 3.05) is 6.61 Å². The van der Waals surface area contributed by atoms with Crippen LogP contribution in [0.1, 0.15) is 51.4 Å². The molecule has 7 heteroatoms. The van der Waals surface area contributed by atoms with Crippen molar-refractivity contribution >= 4 is 5.71 Å². The van der Waals surface area contributed by atoms with Gasteiger partial charge in [0.1, 0.15) is 17.9 Å². The highest BCUT2D eigenvalue weighted by Gasteiger charge is 2.60. The molecule has 2 aliphatic carbocycles. The van der Waals surface area contributed by atoms with Crippen LogP contribution >= 0.6 is 0 Å². The maximum Gasteiger partial charge on any atom is 0.193 e. The Bertz CT molecular complexity index is 511. The third-order valence-electron chi connectivity index (χ3n) is 5.84. The first-order valence-electron chi connectivity index (χ1n) is 8.77. The Kier molecular flexibility index (Phi) is 3.26. The van der Waals surface area contributed by atoms with Crippen LogP contribution in [0.3, 0.4) is 0 Å². The van der Waals surface area contributed by atoms with E-state index in [4.69, 9.17) is 23.7 Å². The first kappa shape index (κ1) is 14.6. The highest BCUT2D eigenvalue weighted by atomic mass is 16.8. The highest BCUT2D eigenvalue weighted by molar-refractivity contribution is 5.95. The maximum absolute atomic E-state index is 9.51. The molecule has 0 aromatic rings. The first-order valence-corrected chi connectivity index (χ1v) is 8.77. The molecule has 5 aliphatic rings. The SMILES string of the molecule is O/N=C1\[C@H]2OC3(CCCC3)O[C@H]2O[C@@H]1C1COC2(CCCC2)O1. The molecule has 0 amide bonds. The second kappa shape index (κ2) is 5.13. The smallest absolute Gasteiger partial charge is 0.193 e. The maximum atomic E-state index is 9.51. The molecule has 23 heavy (non-hydrogen) atoms. The van der Waals surface area contributed by atoms with Gasteiger partial charge in [0.25, 0.3) is 0 Å². The van der Waals surface area contributed by atoms with Crippen molar-refractivity contribution in [1.29, 1.82) is 0 Å². The van der Waals surface area contributed by atoms with Crippen molar-refractivity contribution in [2.24, 2.45) is 5.16 Å². The fourth-order valence-electron chi connectivity index (χ4n) is 4.71. The van der Waals surface area contributed by atoms with Gasteiger partial charge in [-0.1, -0.05) is 5.16 Å². The van der Waals surface area contributed by atoms with Gasteiger partial charge in [-0.3, -0.25) is 0 Å². The summed E-state index contributed by atoms with van der Waals surface area (Å²) in [5.41, 5.74) is 0.474. The minimum absolute atomic E-state index is 0.267. The van der Waals surface area contributed by atoms with Gasteiger partial charge >= 0.3 is 0 Å². The van der Waals surface area contributed by atoms with Crippen LogP contribution < -0.4 is 0 Å². The molecule has 2 saturated carbocycles. The Balaban J connectivity index is 1.32. The molecule has 2 spiro atoms. The molecule has 0 aromatic carbocycles. The lowest BCUT2D eigenvalue weighted by Gasteiger charge is -2.27. The van der Waals surface area contributed by atoms with Crippen LogP contribution in [0.15, 0.2) is 5.16 Å². The number of hydrogen-bond donors (Lipinski definition) is 1. The number of rotatable bonds is 1. The Morgan fingerprint density at radius 1 is 0.870 bits per heavy atom. The molecule has 3 heterocycles. The molecule has 1 unspecified atom stereocenters. The Morgan fingerprint density at radius 3 is 2.26 bits per heavy atom. The van der Waals surface area contributed by atoms with E-state index in [-0.39, 0.29) is 6.10 Å². The van der Waals surface area contributed by atoms with E-state index in [0.717, 1.165) is 51.4 Å². The number of oxime groups is 1. The predicted molar refractivity (Wildman–Crippen MR) is 77.1 cm³/mol. The van der Waals surface area contributed by atoms with E-state index >= 15 is 0 Å². The summed E-state index contributed by atoms with van der Waals surface area (Å²) < 4.78 is 30.2. The molecule has 0 aromatic heterocycles. The van der Waals surface area contributed by atoms with Gasteiger partial charge in [-0.2, -0.15) is 0 Å². The highest BCUT2D eigenvalue weighted by Crippen LogP contribution is 2.47. The summed E-state index contributed by atoms with van der Waals surface area (Å²) in [4.78, 5) is 0. The standard InChI is InChI=1S/C16H23NO6/c18-17-11-12(10-9-19-15(21-10)5-1-2-6-15)20-14-13(11)22-16(23-14)7-3-4-8-16/h10,12-14,18H,1-9H2/b17-11-/t10?,12-,13-,14-/m1/s1. The fourth-order valence-corrected chi connectivity index (χ4v) is 4.71. The average molecular weight is 325 g/mol. The van der Waals surface area contributed by atoms with Crippen LogP contribution in [0.25, 0.3) is 0 Å². The number of ether oxygens (including phenoxy) is 5. The minimum atomic E-state index is -0.546. The summed E-state index contributed by atoms with van der Waals surface area (Å²) in [7, 11) is 0. The van der Waals surface area contributed by atoms with Crippen LogP contribution in [-0.2, 0) is 23.7 Å². The van der Waals surface area contributed by atoms with Gasteiger partial charge in [-0.15, -0.1) is 0 Å². The van der Waals surface area contributed by atoms with E-state index in [9.17, 15) is 5.21 Å². The van der Waals surface area contributed by atoms with Crippen molar-refractivity contribution in [3.05, 3.63) is 0 Å².